The highest BCUT2D eigenvalue weighted by atomic mass is 32.2. The van der Waals surface area contributed by atoms with Crippen LogP contribution in [0.3, 0.4) is 0 Å². The molecular weight excluding hydrogens is 340 g/mol. The molecule has 0 spiro atoms. The zero-order valence-electron chi connectivity index (χ0n) is 15.0. The molecule has 0 aromatic heterocycles. The molecule has 1 aliphatic rings. The third-order valence-corrected chi connectivity index (χ3v) is 5.87. The van der Waals surface area contributed by atoms with E-state index in [0.717, 1.165) is 37.0 Å². The first kappa shape index (κ1) is 19.7. The van der Waals surface area contributed by atoms with Crippen LogP contribution in [0.5, 0.6) is 5.75 Å². The fourth-order valence-electron chi connectivity index (χ4n) is 3.11. The summed E-state index contributed by atoms with van der Waals surface area (Å²) in [7, 11) is -1.76. The highest BCUT2D eigenvalue weighted by molar-refractivity contribution is 7.88. The predicted octanol–water partition coefficient (Wildman–Crippen LogP) is 2.15. The summed E-state index contributed by atoms with van der Waals surface area (Å²) in [6, 6.07) is 7.30. The van der Waals surface area contributed by atoms with Crippen molar-refractivity contribution in [3.8, 4) is 5.75 Å². The Hall–Kier alpha value is -1.60. The lowest BCUT2D eigenvalue weighted by Gasteiger charge is -2.23. The van der Waals surface area contributed by atoms with Crippen LogP contribution in [0.4, 0.5) is 0 Å². The summed E-state index contributed by atoms with van der Waals surface area (Å²) in [5.74, 6) is 0.869. The summed E-state index contributed by atoms with van der Waals surface area (Å²) < 4.78 is 30.5. The Morgan fingerprint density at radius 2 is 1.84 bits per heavy atom. The highest BCUT2D eigenvalue weighted by Gasteiger charge is 2.22. The summed E-state index contributed by atoms with van der Waals surface area (Å²) in [5, 5.41) is 2.89. The largest absolute Gasteiger partial charge is 0.497 e. The van der Waals surface area contributed by atoms with Gasteiger partial charge in [-0.2, -0.15) is 4.31 Å². The Morgan fingerprint density at radius 1 is 1.20 bits per heavy atom. The van der Waals surface area contributed by atoms with Gasteiger partial charge in [0.2, 0.25) is 15.9 Å². The van der Waals surface area contributed by atoms with Crippen molar-refractivity contribution >= 4 is 15.9 Å². The van der Waals surface area contributed by atoms with Gasteiger partial charge in [0.1, 0.15) is 5.75 Å². The predicted molar refractivity (Wildman–Crippen MR) is 97.8 cm³/mol. The molecular formula is C18H28N2O4S. The zero-order valence-corrected chi connectivity index (χ0v) is 15.8. The van der Waals surface area contributed by atoms with Gasteiger partial charge >= 0.3 is 0 Å². The maximum Gasteiger partial charge on any atom is 0.223 e. The van der Waals surface area contributed by atoms with E-state index in [4.69, 9.17) is 4.74 Å². The molecule has 6 nitrogen and oxygen atoms in total. The minimum absolute atomic E-state index is 0.0533. The van der Waals surface area contributed by atoms with E-state index in [2.05, 4.69) is 5.32 Å². The van der Waals surface area contributed by atoms with E-state index in [9.17, 15) is 13.2 Å². The third kappa shape index (κ3) is 6.32. The van der Waals surface area contributed by atoms with E-state index >= 15 is 0 Å². The molecule has 1 saturated carbocycles. The fraction of sp³-hybridized carbons (Fsp3) is 0.611. The van der Waals surface area contributed by atoms with E-state index in [1.165, 1.54) is 17.0 Å². The SMILES string of the molecule is COc1ccc(CN(CCNC(=O)C2CCCCC2)S(C)(=O)=O)cc1. The average molecular weight is 368 g/mol. The minimum atomic E-state index is -3.35. The van der Waals surface area contributed by atoms with Gasteiger partial charge in [0.15, 0.2) is 0 Å². The van der Waals surface area contributed by atoms with Gasteiger partial charge in [-0.05, 0) is 30.5 Å². The van der Waals surface area contributed by atoms with Crippen LogP contribution in [-0.2, 0) is 21.4 Å². The molecule has 140 valence electrons. The summed E-state index contributed by atoms with van der Waals surface area (Å²) >= 11 is 0. The first-order valence-electron chi connectivity index (χ1n) is 8.76. The maximum atomic E-state index is 12.2. The lowest BCUT2D eigenvalue weighted by Crippen LogP contribution is -2.40. The number of rotatable bonds is 8. The maximum absolute atomic E-state index is 12.2. The number of hydrogen-bond acceptors (Lipinski definition) is 4. The Labute approximate surface area is 150 Å². The molecule has 2 rings (SSSR count). The lowest BCUT2D eigenvalue weighted by atomic mass is 9.89. The Kier molecular flexibility index (Phi) is 7.25. The van der Waals surface area contributed by atoms with E-state index < -0.39 is 10.0 Å². The first-order valence-corrected chi connectivity index (χ1v) is 10.6. The number of ether oxygens (including phenoxy) is 1. The number of nitrogens with zero attached hydrogens (tertiary/aromatic N) is 1. The van der Waals surface area contributed by atoms with Crippen molar-refractivity contribution in [2.75, 3.05) is 26.5 Å². The number of carbonyl (C=O) groups is 1. The van der Waals surface area contributed by atoms with Crippen LogP contribution in [0.1, 0.15) is 37.7 Å². The number of methoxy groups -OCH3 is 1. The molecule has 1 aromatic rings. The van der Waals surface area contributed by atoms with Crippen molar-refractivity contribution in [3.63, 3.8) is 0 Å². The average Bonchev–Trinajstić information content (AvgIpc) is 2.61. The second-order valence-electron chi connectivity index (χ2n) is 6.57. The fourth-order valence-corrected chi connectivity index (χ4v) is 3.92. The van der Waals surface area contributed by atoms with Crippen molar-refractivity contribution in [1.29, 1.82) is 0 Å². The topological polar surface area (TPSA) is 75.7 Å². The summed E-state index contributed by atoms with van der Waals surface area (Å²) in [4.78, 5) is 12.2. The molecule has 1 amide bonds. The van der Waals surface area contributed by atoms with Gasteiger partial charge in [-0.3, -0.25) is 4.79 Å². The van der Waals surface area contributed by atoms with Crippen molar-refractivity contribution in [3.05, 3.63) is 29.8 Å². The van der Waals surface area contributed by atoms with E-state index in [0.29, 0.717) is 6.54 Å². The van der Waals surface area contributed by atoms with Gasteiger partial charge < -0.3 is 10.1 Å². The van der Waals surface area contributed by atoms with E-state index in [1.807, 2.05) is 12.1 Å². The van der Waals surface area contributed by atoms with Gasteiger partial charge in [-0.15, -0.1) is 0 Å². The summed E-state index contributed by atoms with van der Waals surface area (Å²) in [6.45, 7) is 0.879. The molecule has 7 heteroatoms. The van der Waals surface area contributed by atoms with Crippen molar-refractivity contribution in [1.82, 2.24) is 9.62 Å². The normalized spacial score (nSPS) is 16.0. The van der Waals surface area contributed by atoms with Gasteiger partial charge in [0.05, 0.1) is 13.4 Å². The number of hydrogen-bond donors (Lipinski definition) is 1. The smallest absolute Gasteiger partial charge is 0.223 e. The number of carbonyl (C=O) groups excluding carboxylic acids is 1. The molecule has 1 aliphatic carbocycles. The molecule has 0 radical (unpaired) electrons. The van der Waals surface area contributed by atoms with Crippen molar-refractivity contribution in [2.24, 2.45) is 5.92 Å². The van der Waals surface area contributed by atoms with Crippen molar-refractivity contribution in [2.45, 2.75) is 38.6 Å². The van der Waals surface area contributed by atoms with Gasteiger partial charge in [-0.25, -0.2) is 8.42 Å². The number of amides is 1. The van der Waals surface area contributed by atoms with Crippen LogP contribution in [0.25, 0.3) is 0 Å². The number of nitrogens with one attached hydrogen (secondary N) is 1. The molecule has 1 fully saturated rings. The Balaban J connectivity index is 1.88. The highest BCUT2D eigenvalue weighted by Crippen LogP contribution is 2.23. The van der Waals surface area contributed by atoms with Gasteiger partial charge in [0.25, 0.3) is 0 Å². The molecule has 0 aliphatic heterocycles. The number of benzene rings is 1. The Morgan fingerprint density at radius 3 is 2.40 bits per heavy atom. The van der Waals surface area contributed by atoms with Crippen LogP contribution >= 0.6 is 0 Å². The molecule has 0 unspecified atom stereocenters. The quantitative estimate of drug-likeness (QED) is 0.763. The Bertz CT molecular complexity index is 652. The van der Waals surface area contributed by atoms with Crippen molar-refractivity contribution < 1.29 is 17.9 Å². The molecule has 0 atom stereocenters. The van der Waals surface area contributed by atoms with Gasteiger partial charge in [0, 0.05) is 25.6 Å². The van der Waals surface area contributed by atoms with E-state index in [-0.39, 0.29) is 24.9 Å². The van der Waals surface area contributed by atoms with Crippen LogP contribution < -0.4 is 10.1 Å². The standard InChI is InChI=1S/C18H28N2O4S/c1-24-17-10-8-15(9-11-17)14-20(25(2,22)23)13-12-19-18(21)16-6-4-3-5-7-16/h8-11,16H,3-7,12-14H2,1-2H3,(H,19,21). The van der Waals surface area contributed by atoms with Crippen LogP contribution in [0, 0.1) is 5.92 Å². The zero-order chi connectivity index (χ0) is 18.3. The molecule has 0 heterocycles. The van der Waals surface area contributed by atoms with E-state index in [1.54, 1.807) is 19.2 Å². The lowest BCUT2D eigenvalue weighted by molar-refractivity contribution is -0.125. The number of sulfonamides is 1. The molecule has 25 heavy (non-hydrogen) atoms. The summed E-state index contributed by atoms with van der Waals surface area (Å²) in [5.41, 5.74) is 0.879. The second-order valence-corrected chi connectivity index (χ2v) is 8.55. The monoisotopic (exact) mass is 368 g/mol. The van der Waals surface area contributed by atoms with Crippen LogP contribution in [-0.4, -0.2) is 45.1 Å². The summed E-state index contributed by atoms with van der Waals surface area (Å²) in [6.07, 6.45) is 6.48. The third-order valence-electron chi connectivity index (χ3n) is 4.62. The van der Waals surface area contributed by atoms with Crippen LogP contribution in [0.2, 0.25) is 0 Å². The first-order chi connectivity index (χ1) is 11.9. The molecule has 1 N–H and O–H groups in total. The molecule has 1 aromatic carbocycles. The molecule has 0 bridgehead atoms. The van der Waals surface area contributed by atoms with Crippen LogP contribution in [0.15, 0.2) is 24.3 Å². The second kappa shape index (κ2) is 9.20. The minimum Gasteiger partial charge on any atom is -0.497 e. The molecule has 0 saturated heterocycles. The van der Waals surface area contributed by atoms with Gasteiger partial charge in [-0.1, -0.05) is 31.4 Å².